The molecule has 0 saturated heterocycles. The summed E-state index contributed by atoms with van der Waals surface area (Å²) in [6, 6.07) is 0. The fourth-order valence-corrected chi connectivity index (χ4v) is 4.97. The average Bonchev–Trinajstić information content (AvgIpc) is 2.93. The smallest absolute Gasteiger partial charge is 0.790 e. The van der Waals surface area contributed by atoms with Crippen LogP contribution in [0.25, 0.3) is 0 Å². The minimum atomic E-state index is -5.24. The number of unbranched alkanes of at least 4 members (excludes halogenated alkanes) is 18. The Labute approximate surface area is 311 Å². The topological polar surface area (TPSA) is 154 Å². The van der Waals surface area contributed by atoms with Gasteiger partial charge in [0.1, 0.15) is 6.61 Å². The number of ether oxygens (including phenoxy) is 2. The molecule has 1 N–H and O–H groups in total. The summed E-state index contributed by atoms with van der Waals surface area (Å²) in [6.07, 6.45) is 21.2. The third-order valence-electron chi connectivity index (χ3n) is 7.06. The zero-order valence-corrected chi connectivity index (χ0v) is 33.3. The van der Waals surface area contributed by atoms with Gasteiger partial charge in [0.15, 0.2) is 6.10 Å². The van der Waals surface area contributed by atoms with E-state index in [0.717, 1.165) is 51.5 Å². The van der Waals surface area contributed by atoms with Crippen LogP contribution in [0, 0.1) is 0 Å². The van der Waals surface area contributed by atoms with E-state index >= 15 is 0 Å². The number of carbonyl (C=O) groups is 3. The predicted molar refractivity (Wildman–Crippen MR) is 160 cm³/mol. The van der Waals surface area contributed by atoms with Crippen molar-refractivity contribution in [1.82, 2.24) is 5.32 Å². The molecule has 0 rings (SSSR count). The minimum Gasteiger partial charge on any atom is -0.790 e. The van der Waals surface area contributed by atoms with E-state index in [2.05, 4.69) is 16.8 Å². The molecular formula is C31H58NNa2O9P. The quantitative estimate of drug-likeness (QED) is 0.0485. The maximum Gasteiger partial charge on any atom is 1.00 e. The van der Waals surface area contributed by atoms with Crippen molar-refractivity contribution < 1.29 is 102 Å². The molecule has 1 amide bonds. The molecule has 0 aromatic heterocycles. The SMILES string of the molecule is CCCCCCCCCC(=O)O[C@H](COC(=O)CCCCCCCCCCCCCCCNC(C)=O)COP(=O)([O-])[O-].[Na+].[Na+]. The van der Waals surface area contributed by atoms with Crippen LogP contribution in [0.3, 0.4) is 0 Å². The monoisotopic (exact) mass is 665 g/mol. The van der Waals surface area contributed by atoms with Gasteiger partial charge in [0, 0.05) is 26.3 Å². The molecular weight excluding hydrogens is 607 g/mol. The molecule has 0 radical (unpaired) electrons. The number of rotatable bonds is 30. The first kappa shape index (κ1) is 48.9. The van der Waals surface area contributed by atoms with Crippen LogP contribution in [0.15, 0.2) is 0 Å². The number of amides is 1. The number of nitrogens with one attached hydrogen (secondary N) is 1. The predicted octanol–water partition coefficient (Wildman–Crippen LogP) is 0.0329. The van der Waals surface area contributed by atoms with Crippen LogP contribution in [0.2, 0.25) is 0 Å². The van der Waals surface area contributed by atoms with Crippen molar-refractivity contribution in [2.75, 3.05) is 19.8 Å². The van der Waals surface area contributed by atoms with E-state index in [4.69, 9.17) is 9.47 Å². The molecule has 0 bridgehead atoms. The van der Waals surface area contributed by atoms with Gasteiger partial charge in [-0.25, -0.2) is 0 Å². The Morgan fingerprint density at radius 2 is 1.05 bits per heavy atom. The standard InChI is InChI=1S/C31H60NO9P.2Na/c1-3-4-5-6-14-18-21-24-31(35)41-29(27-40-42(36,37)38)26-39-30(34)23-20-17-15-12-10-8-7-9-11-13-16-19-22-25-32-28(2)33;;/h29H,3-27H2,1-2H3,(H,32,33)(H2,36,37,38);;/q;2*+1/p-2/t29-;;/m1../s1. The van der Waals surface area contributed by atoms with Gasteiger partial charge in [-0.2, -0.15) is 0 Å². The van der Waals surface area contributed by atoms with Crippen LogP contribution in [-0.4, -0.2) is 43.7 Å². The van der Waals surface area contributed by atoms with Crippen LogP contribution in [0.1, 0.15) is 155 Å². The number of phosphoric ester groups is 1. The van der Waals surface area contributed by atoms with E-state index in [-0.39, 0.29) is 84.5 Å². The normalized spacial score (nSPS) is 11.6. The van der Waals surface area contributed by atoms with Crippen LogP contribution < -0.4 is 74.2 Å². The molecule has 0 saturated carbocycles. The first-order valence-corrected chi connectivity index (χ1v) is 17.9. The van der Waals surface area contributed by atoms with Crippen molar-refractivity contribution >= 4 is 25.7 Å². The Balaban J connectivity index is -0.00000840. The molecule has 0 unspecified atom stereocenters. The van der Waals surface area contributed by atoms with Crippen LogP contribution in [-0.2, 0) is 32.9 Å². The second-order valence-corrected chi connectivity index (χ2v) is 12.4. The van der Waals surface area contributed by atoms with Gasteiger partial charge in [-0.1, -0.05) is 116 Å². The Hall–Kier alpha value is 0.520. The number of carbonyl (C=O) groups excluding carboxylic acids is 3. The molecule has 0 aromatic carbocycles. The van der Waals surface area contributed by atoms with Crippen molar-refractivity contribution in [3.8, 4) is 0 Å². The van der Waals surface area contributed by atoms with E-state index in [9.17, 15) is 28.7 Å². The number of phosphoric acid groups is 1. The van der Waals surface area contributed by atoms with Gasteiger partial charge >= 0.3 is 71.1 Å². The van der Waals surface area contributed by atoms with Crippen molar-refractivity contribution in [2.45, 2.75) is 161 Å². The molecule has 0 fully saturated rings. The molecule has 10 nitrogen and oxygen atoms in total. The van der Waals surface area contributed by atoms with E-state index in [1.54, 1.807) is 6.92 Å². The Bertz CT molecular complexity index is 741. The van der Waals surface area contributed by atoms with Gasteiger partial charge in [0.05, 0.1) is 14.4 Å². The Morgan fingerprint density at radius 1 is 0.636 bits per heavy atom. The summed E-state index contributed by atoms with van der Waals surface area (Å²) in [5.74, 6) is -0.945. The molecule has 13 heteroatoms. The Morgan fingerprint density at radius 3 is 1.48 bits per heavy atom. The largest absolute Gasteiger partial charge is 1.00 e. The second-order valence-electron chi connectivity index (χ2n) is 11.2. The fourth-order valence-electron chi connectivity index (χ4n) is 4.62. The molecule has 0 aliphatic carbocycles. The molecule has 0 spiro atoms. The van der Waals surface area contributed by atoms with Crippen LogP contribution in [0.5, 0.6) is 0 Å². The molecule has 0 aliphatic heterocycles. The van der Waals surface area contributed by atoms with Gasteiger partial charge < -0.3 is 33.7 Å². The number of hydrogen-bond acceptors (Lipinski definition) is 9. The molecule has 44 heavy (non-hydrogen) atoms. The summed E-state index contributed by atoms with van der Waals surface area (Å²) in [6.45, 7) is 3.47. The zero-order chi connectivity index (χ0) is 31.3. The van der Waals surface area contributed by atoms with Crippen molar-refractivity contribution in [2.24, 2.45) is 0 Å². The van der Waals surface area contributed by atoms with Crippen LogP contribution in [0.4, 0.5) is 0 Å². The average molecular weight is 666 g/mol. The Kier molecular flexibility index (Phi) is 38.7. The van der Waals surface area contributed by atoms with Gasteiger partial charge in [0.25, 0.3) is 0 Å². The van der Waals surface area contributed by atoms with E-state index in [1.807, 2.05) is 0 Å². The third kappa shape index (κ3) is 38.7. The maximum atomic E-state index is 12.1. The summed E-state index contributed by atoms with van der Waals surface area (Å²) in [7, 11) is -5.24. The fraction of sp³-hybridized carbons (Fsp3) is 0.903. The number of hydrogen-bond donors (Lipinski definition) is 1. The van der Waals surface area contributed by atoms with Gasteiger partial charge in [0.2, 0.25) is 5.91 Å². The van der Waals surface area contributed by atoms with Crippen LogP contribution >= 0.6 is 7.82 Å². The van der Waals surface area contributed by atoms with Crippen molar-refractivity contribution in [3.05, 3.63) is 0 Å². The molecule has 0 aromatic rings. The van der Waals surface area contributed by atoms with Gasteiger partial charge in [-0.15, -0.1) is 0 Å². The zero-order valence-electron chi connectivity index (χ0n) is 28.4. The van der Waals surface area contributed by atoms with Crippen molar-refractivity contribution in [3.63, 3.8) is 0 Å². The summed E-state index contributed by atoms with van der Waals surface area (Å²) < 4.78 is 25.5. The summed E-state index contributed by atoms with van der Waals surface area (Å²) >= 11 is 0. The van der Waals surface area contributed by atoms with E-state index in [1.165, 1.54) is 70.6 Å². The number of esters is 2. The minimum absolute atomic E-state index is 0. The maximum absolute atomic E-state index is 12.1. The molecule has 0 heterocycles. The summed E-state index contributed by atoms with van der Waals surface area (Å²) in [4.78, 5) is 56.8. The third-order valence-corrected chi connectivity index (χ3v) is 7.53. The summed E-state index contributed by atoms with van der Waals surface area (Å²) in [5.41, 5.74) is 0. The first-order valence-electron chi connectivity index (χ1n) is 16.4. The van der Waals surface area contributed by atoms with E-state index in [0.29, 0.717) is 12.8 Å². The molecule has 248 valence electrons. The second kappa shape index (κ2) is 34.8. The van der Waals surface area contributed by atoms with Gasteiger partial charge in [-0.3, -0.25) is 14.4 Å². The summed E-state index contributed by atoms with van der Waals surface area (Å²) in [5, 5.41) is 2.82. The van der Waals surface area contributed by atoms with E-state index < -0.39 is 32.5 Å². The molecule has 1 atom stereocenters. The molecule has 0 aliphatic rings. The van der Waals surface area contributed by atoms with Gasteiger partial charge in [-0.05, 0) is 19.3 Å². The van der Waals surface area contributed by atoms with Crippen molar-refractivity contribution in [1.29, 1.82) is 0 Å². The first-order chi connectivity index (χ1) is 20.1.